The number of phenolic OH excluding ortho intramolecular Hbond substituents is 1. The highest BCUT2D eigenvalue weighted by molar-refractivity contribution is 5.92. The average Bonchev–Trinajstić information content (AvgIpc) is 2.63. The van der Waals surface area contributed by atoms with E-state index < -0.39 is 5.97 Å². The van der Waals surface area contributed by atoms with E-state index in [2.05, 4.69) is 12.2 Å². The molecule has 0 bridgehead atoms. The van der Waals surface area contributed by atoms with Crippen LogP contribution in [-0.2, 0) is 17.8 Å². The zero-order valence-corrected chi connectivity index (χ0v) is 15.7. The van der Waals surface area contributed by atoms with E-state index in [0.29, 0.717) is 31.0 Å². The predicted molar refractivity (Wildman–Crippen MR) is 102 cm³/mol. The molecule has 0 aliphatic heterocycles. The van der Waals surface area contributed by atoms with Crippen molar-refractivity contribution in [3.63, 3.8) is 0 Å². The molecule has 2 aromatic carbocycles. The Morgan fingerprint density at radius 3 is 2.65 bits per heavy atom. The van der Waals surface area contributed by atoms with Crippen molar-refractivity contribution in [1.82, 2.24) is 5.32 Å². The molecule has 0 amide bonds. The van der Waals surface area contributed by atoms with E-state index >= 15 is 0 Å². The highest BCUT2D eigenvalue weighted by Crippen LogP contribution is 2.22. The normalized spacial score (nSPS) is 10.6. The third kappa shape index (κ3) is 5.49. The molecular weight excluding hydrogens is 330 g/mol. The van der Waals surface area contributed by atoms with E-state index in [1.807, 2.05) is 25.1 Å². The number of ether oxygens (including phenoxy) is 2. The second kappa shape index (κ2) is 9.82. The number of nitrogens with one attached hydrogen (secondary N) is 1. The van der Waals surface area contributed by atoms with E-state index in [4.69, 9.17) is 9.47 Å². The molecule has 140 valence electrons. The van der Waals surface area contributed by atoms with Crippen LogP contribution in [-0.4, -0.2) is 24.8 Å². The van der Waals surface area contributed by atoms with Crippen LogP contribution in [0.15, 0.2) is 36.4 Å². The Balaban J connectivity index is 2.03. The molecule has 0 radical (unpaired) electrons. The molecular formula is C21H27NO4. The Morgan fingerprint density at radius 2 is 1.96 bits per heavy atom. The Bertz CT molecular complexity index is 743. The first kappa shape index (κ1) is 19.8. The summed E-state index contributed by atoms with van der Waals surface area (Å²) in [6.45, 7) is 5.98. The van der Waals surface area contributed by atoms with Crippen molar-refractivity contribution in [2.75, 3.05) is 13.7 Å². The Hall–Kier alpha value is -2.53. The van der Waals surface area contributed by atoms with Gasteiger partial charge in [0.05, 0.1) is 13.7 Å². The fourth-order valence-electron chi connectivity index (χ4n) is 2.62. The molecule has 0 heterocycles. The highest BCUT2D eigenvalue weighted by atomic mass is 16.5. The lowest BCUT2D eigenvalue weighted by Gasteiger charge is -2.13. The Labute approximate surface area is 155 Å². The van der Waals surface area contributed by atoms with Crippen molar-refractivity contribution < 1.29 is 19.4 Å². The molecule has 0 spiro atoms. The first-order valence-corrected chi connectivity index (χ1v) is 8.88. The van der Waals surface area contributed by atoms with E-state index in [1.54, 1.807) is 18.2 Å². The molecule has 0 aliphatic rings. The Morgan fingerprint density at radius 1 is 1.15 bits per heavy atom. The molecule has 0 unspecified atom stereocenters. The minimum atomic E-state index is -0.393. The summed E-state index contributed by atoms with van der Waals surface area (Å²) < 4.78 is 10.6. The largest absolute Gasteiger partial charge is 0.508 e. The molecule has 2 aromatic rings. The van der Waals surface area contributed by atoms with Gasteiger partial charge in [0.1, 0.15) is 17.1 Å². The lowest BCUT2D eigenvalue weighted by molar-refractivity contribution is 0.0596. The first-order chi connectivity index (χ1) is 12.5. The number of carbonyl (C=O) groups is 1. The molecule has 0 aliphatic carbocycles. The predicted octanol–water partition coefficient (Wildman–Crippen LogP) is 3.96. The van der Waals surface area contributed by atoms with Crippen LogP contribution < -0.4 is 10.1 Å². The van der Waals surface area contributed by atoms with Crippen LogP contribution >= 0.6 is 0 Å². The van der Waals surface area contributed by atoms with Crippen LogP contribution in [0.2, 0.25) is 0 Å². The van der Waals surface area contributed by atoms with Gasteiger partial charge in [0.25, 0.3) is 0 Å². The number of aryl methyl sites for hydroxylation is 1. The van der Waals surface area contributed by atoms with Gasteiger partial charge in [0.2, 0.25) is 0 Å². The van der Waals surface area contributed by atoms with E-state index in [9.17, 15) is 9.90 Å². The van der Waals surface area contributed by atoms with E-state index in [1.165, 1.54) is 7.11 Å². The number of unbranched alkanes of at least 4 members (excludes halogenated alkanes) is 1. The second-order valence-electron chi connectivity index (χ2n) is 6.24. The monoisotopic (exact) mass is 357 g/mol. The van der Waals surface area contributed by atoms with Crippen LogP contribution in [0.25, 0.3) is 0 Å². The standard InChI is InChI=1S/C21H27NO4/c1-4-5-10-26-20-12-16(6-9-19(20)21(24)25-3)13-22-14-17-7-8-18(23)11-15(17)2/h6-9,11-12,22-23H,4-5,10,13-14H2,1-3H3. The van der Waals surface area contributed by atoms with Crippen molar-refractivity contribution in [1.29, 1.82) is 0 Å². The minimum absolute atomic E-state index is 0.276. The van der Waals surface area contributed by atoms with Crippen molar-refractivity contribution >= 4 is 5.97 Å². The number of methoxy groups -OCH3 is 1. The number of hydrogen-bond donors (Lipinski definition) is 2. The number of benzene rings is 2. The number of esters is 1. The van der Waals surface area contributed by atoms with Gasteiger partial charge in [-0.1, -0.05) is 25.5 Å². The molecule has 0 fully saturated rings. The van der Waals surface area contributed by atoms with Gasteiger partial charge in [-0.3, -0.25) is 0 Å². The van der Waals surface area contributed by atoms with Gasteiger partial charge >= 0.3 is 5.97 Å². The fourth-order valence-corrected chi connectivity index (χ4v) is 2.62. The molecule has 5 nitrogen and oxygen atoms in total. The number of hydrogen-bond acceptors (Lipinski definition) is 5. The quantitative estimate of drug-likeness (QED) is 0.525. The van der Waals surface area contributed by atoms with Gasteiger partial charge in [-0.05, 0) is 54.3 Å². The zero-order chi connectivity index (χ0) is 18.9. The van der Waals surface area contributed by atoms with Gasteiger partial charge in [-0.2, -0.15) is 0 Å². The molecule has 26 heavy (non-hydrogen) atoms. The summed E-state index contributed by atoms with van der Waals surface area (Å²) in [5, 5.41) is 12.9. The summed E-state index contributed by atoms with van der Waals surface area (Å²) in [5.41, 5.74) is 3.65. The third-order valence-electron chi connectivity index (χ3n) is 4.18. The number of carbonyl (C=O) groups excluding carboxylic acids is 1. The number of phenols is 1. The number of rotatable bonds is 9. The summed E-state index contributed by atoms with van der Waals surface area (Å²) in [7, 11) is 1.37. The van der Waals surface area contributed by atoms with Crippen LogP contribution in [0.5, 0.6) is 11.5 Å². The van der Waals surface area contributed by atoms with E-state index in [-0.39, 0.29) is 5.75 Å². The Kier molecular flexibility index (Phi) is 7.48. The maximum Gasteiger partial charge on any atom is 0.341 e. The van der Waals surface area contributed by atoms with Gasteiger partial charge in [0.15, 0.2) is 0 Å². The summed E-state index contributed by atoms with van der Waals surface area (Å²) in [6.07, 6.45) is 1.96. The minimum Gasteiger partial charge on any atom is -0.508 e. The fraction of sp³-hybridized carbons (Fsp3) is 0.381. The molecule has 0 saturated carbocycles. The summed E-state index contributed by atoms with van der Waals surface area (Å²) >= 11 is 0. The van der Waals surface area contributed by atoms with Gasteiger partial charge in [-0.15, -0.1) is 0 Å². The average molecular weight is 357 g/mol. The molecule has 2 rings (SSSR count). The third-order valence-corrected chi connectivity index (χ3v) is 4.18. The first-order valence-electron chi connectivity index (χ1n) is 8.88. The summed E-state index contributed by atoms with van der Waals surface area (Å²) in [4.78, 5) is 11.9. The second-order valence-corrected chi connectivity index (χ2v) is 6.24. The van der Waals surface area contributed by atoms with Gasteiger partial charge < -0.3 is 19.9 Å². The molecule has 2 N–H and O–H groups in total. The lowest BCUT2D eigenvalue weighted by Crippen LogP contribution is -2.14. The molecule has 0 aromatic heterocycles. The number of aromatic hydroxyl groups is 1. The van der Waals surface area contributed by atoms with Gasteiger partial charge in [-0.25, -0.2) is 4.79 Å². The van der Waals surface area contributed by atoms with Gasteiger partial charge in [0, 0.05) is 13.1 Å². The zero-order valence-electron chi connectivity index (χ0n) is 15.7. The SMILES string of the molecule is CCCCOc1cc(CNCc2ccc(O)cc2C)ccc1C(=O)OC. The summed E-state index contributed by atoms with van der Waals surface area (Å²) in [6, 6.07) is 10.9. The van der Waals surface area contributed by atoms with Crippen LogP contribution in [0.3, 0.4) is 0 Å². The molecule has 0 atom stereocenters. The van der Waals surface area contributed by atoms with Crippen molar-refractivity contribution in [2.45, 2.75) is 39.8 Å². The van der Waals surface area contributed by atoms with Crippen molar-refractivity contribution in [3.05, 3.63) is 58.7 Å². The summed E-state index contributed by atoms with van der Waals surface area (Å²) in [5.74, 6) is 0.444. The van der Waals surface area contributed by atoms with Crippen LogP contribution in [0, 0.1) is 6.92 Å². The van der Waals surface area contributed by atoms with Crippen molar-refractivity contribution in [3.8, 4) is 11.5 Å². The van der Waals surface area contributed by atoms with Crippen molar-refractivity contribution in [2.24, 2.45) is 0 Å². The molecule has 0 saturated heterocycles. The van der Waals surface area contributed by atoms with Crippen LogP contribution in [0.4, 0.5) is 0 Å². The van der Waals surface area contributed by atoms with E-state index in [0.717, 1.165) is 29.5 Å². The lowest BCUT2D eigenvalue weighted by atomic mass is 10.1. The maximum absolute atomic E-state index is 11.9. The van der Waals surface area contributed by atoms with Crippen LogP contribution in [0.1, 0.15) is 46.8 Å². The smallest absolute Gasteiger partial charge is 0.341 e. The topological polar surface area (TPSA) is 67.8 Å². The maximum atomic E-state index is 11.9. The molecule has 5 heteroatoms. The highest BCUT2D eigenvalue weighted by Gasteiger charge is 2.14.